The quantitative estimate of drug-likeness (QED) is 0.900. The Bertz CT molecular complexity index is 462. The van der Waals surface area contributed by atoms with E-state index in [2.05, 4.69) is 24.1 Å². The number of rotatable bonds is 4. The molecule has 1 saturated heterocycles. The zero-order valence-corrected chi connectivity index (χ0v) is 13.9. The molecule has 0 aliphatic carbocycles. The van der Waals surface area contributed by atoms with Crippen LogP contribution in [-0.4, -0.2) is 30.6 Å². The van der Waals surface area contributed by atoms with Crippen LogP contribution in [0.5, 0.6) is 0 Å². The van der Waals surface area contributed by atoms with Gasteiger partial charge in [-0.05, 0) is 70.9 Å². The normalized spacial score (nSPS) is 19.3. The molecule has 1 unspecified atom stereocenters. The number of benzene rings is 1. The highest BCUT2D eigenvalue weighted by molar-refractivity contribution is 5.28. The highest BCUT2D eigenvalue weighted by atomic mass is 19.1. The summed E-state index contributed by atoms with van der Waals surface area (Å²) in [6.45, 7) is 8.76. The Morgan fingerprint density at radius 3 is 2.29 bits per heavy atom. The van der Waals surface area contributed by atoms with Gasteiger partial charge in [0.05, 0.1) is 0 Å². The molecule has 0 aromatic heterocycles. The van der Waals surface area contributed by atoms with Gasteiger partial charge in [-0.3, -0.25) is 4.90 Å². The molecule has 1 aliphatic rings. The molecule has 3 heteroatoms. The van der Waals surface area contributed by atoms with Crippen LogP contribution in [0.25, 0.3) is 0 Å². The third kappa shape index (κ3) is 3.64. The third-order valence-corrected chi connectivity index (χ3v) is 4.93. The number of nitrogens with one attached hydrogen (secondary N) is 1. The largest absolute Gasteiger partial charge is 0.311 e. The number of aryl methyl sites for hydroxylation is 1. The lowest BCUT2D eigenvalue weighted by molar-refractivity contribution is 0.0864. The van der Waals surface area contributed by atoms with E-state index in [4.69, 9.17) is 0 Å². The van der Waals surface area contributed by atoms with Gasteiger partial charge >= 0.3 is 0 Å². The van der Waals surface area contributed by atoms with Crippen molar-refractivity contribution in [3.63, 3.8) is 0 Å². The van der Waals surface area contributed by atoms with Gasteiger partial charge in [-0.1, -0.05) is 25.0 Å². The van der Waals surface area contributed by atoms with Crippen molar-refractivity contribution in [2.24, 2.45) is 0 Å². The summed E-state index contributed by atoms with van der Waals surface area (Å²) in [7, 11) is 2.00. The van der Waals surface area contributed by atoms with Gasteiger partial charge in [-0.15, -0.1) is 0 Å². The highest BCUT2D eigenvalue weighted by Gasteiger charge is 2.35. The van der Waals surface area contributed by atoms with Crippen LogP contribution in [0.4, 0.5) is 4.39 Å². The Morgan fingerprint density at radius 1 is 1.14 bits per heavy atom. The maximum Gasteiger partial charge on any atom is 0.126 e. The fourth-order valence-corrected chi connectivity index (χ4v) is 3.60. The number of halogens is 1. The Hall–Kier alpha value is -0.930. The maximum absolute atomic E-state index is 13.5. The van der Waals surface area contributed by atoms with Crippen molar-refractivity contribution in [1.82, 2.24) is 10.2 Å². The topological polar surface area (TPSA) is 15.3 Å². The molecule has 2 nitrogen and oxygen atoms in total. The number of nitrogens with zero attached hydrogens (tertiary/aromatic N) is 1. The third-order valence-electron chi connectivity index (χ3n) is 4.93. The number of hydrogen-bond donors (Lipinski definition) is 1. The van der Waals surface area contributed by atoms with E-state index in [9.17, 15) is 4.39 Å². The highest BCUT2D eigenvalue weighted by Crippen LogP contribution is 2.33. The SMILES string of the molecule is CNC(c1ccc(F)c(C)c1)C(C)(C)N1CCCCCC1. The van der Waals surface area contributed by atoms with Crippen molar-refractivity contribution >= 4 is 0 Å². The van der Waals surface area contributed by atoms with Gasteiger partial charge in [-0.25, -0.2) is 4.39 Å². The predicted octanol–water partition coefficient (Wildman–Crippen LogP) is 4.05. The van der Waals surface area contributed by atoms with E-state index >= 15 is 0 Å². The first kappa shape index (κ1) is 16.4. The molecule has 1 atom stereocenters. The van der Waals surface area contributed by atoms with Gasteiger partial charge in [0.25, 0.3) is 0 Å². The fourth-order valence-electron chi connectivity index (χ4n) is 3.60. The van der Waals surface area contributed by atoms with Crippen molar-refractivity contribution in [2.45, 2.75) is 58.0 Å². The lowest BCUT2D eigenvalue weighted by Gasteiger charge is -2.44. The first-order chi connectivity index (χ1) is 9.96. The molecule has 1 N–H and O–H groups in total. The minimum atomic E-state index is -0.124. The van der Waals surface area contributed by atoms with Gasteiger partial charge < -0.3 is 5.32 Å². The summed E-state index contributed by atoms with van der Waals surface area (Å²) in [5.41, 5.74) is 1.91. The van der Waals surface area contributed by atoms with Crippen LogP contribution in [0, 0.1) is 12.7 Å². The molecule has 1 aromatic rings. The molecule has 1 aliphatic heterocycles. The second-order valence-electron chi connectivity index (χ2n) is 6.79. The van der Waals surface area contributed by atoms with E-state index < -0.39 is 0 Å². The van der Waals surface area contributed by atoms with Crippen LogP contribution in [-0.2, 0) is 0 Å². The molecule has 1 heterocycles. The van der Waals surface area contributed by atoms with E-state index in [1.165, 1.54) is 31.2 Å². The molecule has 0 saturated carbocycles. The summed E-state index contributed by atoms with van der Waals surface area (Å²) in [6, 6.07) is 5.70. The Morgan fingerprint density at radius 2 is 1.76 bits per heavy atom. The lowest BCUT2D eigenvalue weighted by atomic mass is 9.86. The van der Waals surface area contributed by atoms with E-state index in [0.29, 0.717) is 0 Å². The van der Waals surface area contributed by atoms with Crippen LogP contribution >= 0.6 is 0 Å². The standard InChI is InChI=1S/C18H29FN2/c1-14-13-15(9-10-16(14)19)17(20-4)18(2,3)21-11-7-5-6-8-12-21/h9-10,13,17,20H,5-8,11-12H2,1-4H3. The van der Waals surface area contributed by atoms with Crippen molar-refractivity contribution < 1.29 is 4.39 Å². The second-order valence-corrected chi connectivity index (χ2v) is 6.79. The molecule has 2 rings (SSSR count). The average Bonchev–Trinajstić information content (AvgIpc) is 2.73. The minimum Gasteiger partial charge on any atom is -0.311 e. The molecular weight excluding hydrogens is 263 g/mol. The molecule has 1 fully saturated rings. The summed E-state index contributed by atoms with van der Waals surface area (Å²) in [4.78, 5) is 2.60. The molecule has 21 heavy (non-hydrogen) atoms. The summed E-state index contributed by atoms with van der Waals surface area (Å²) < 4.78 is 13.5. The maximum atomic E-state index is 13.5. The molecular formula is C18H29FN2. The summed E-state index contributed by atoms with van der Waals surface area (Å²) in [5, 5.41) is 3.46. The summed E-state index contributed by atoms with van der Waals surface area (Å²) >= 11 is 0. The number of hydrogen-bond acceptors (Lipinski definition) is 2. The first-order valence-corrected chi connectivity index (χ1v) is 8.15. The van der Waals surface area contributed by atoms with Gasteiger partial charge in [0.2, 0.25) is 0 Å². The predicted molar refractivity (Wildman–Crippen MR) is 87.1 cm³/mol. The van der Waals surface area contributed by atoms with Gasteiger partial charge in [0, 0.05) is 11.6 Å². The molecule has 118 valence electrons. The monoisotopic (exact) mass is 292 g/mol. The van der Waals surface area contributed by atoms with E-state index in [1.54, 1.807) is 6.07 Å². The van der Waals surface area contributed by atoms with Gasteiger partial charge in [-0.2, -0.15) is 0 Å². The van der Waals surface area contributed by atoms with Crippen LogP contribution in [0.1, 0.15) is 56.7 Å². The molecule has 0 amide bonds. The Kier molecular flexibility index (Phi) is 5.39. The molecule has 1 aromatic carbocycles. The van der Waals surface area contributed by atoms with Crippen molar-refractivity contribution in [3.8, 4) is 0 Å². The summed E-state index contributed by atoms with van der Waals surface area (Å²) in [5.74, 6) is -0.124. The zero-order chi connectivity index (χ0) is 15.5. The van der Waals surface area contributed by atoms with Crippen LogP contribution in [0.15, 0.2) is 18.2 Å². The second kappa shape index (κ2) is 6.89. The van der Waals surface area contributed by atoms with Gasteiger partial charge in [0.15, 0.2) is 0 Å². The Labute approximate surface area is 128 Å². The number of likely N-dealkylation sites (tertiary alicyclic amines) is 1. The van der Waals surface area contributed by atoms with Gasteiger partial charge in [0.1, 0.15) is 5.82 Å². The minimum absolute atomic E-state index is 0.0172. The van der Waals surface area contributed by atoms with Crippen molar-refractivity contribution in [1.29, 1.82) is 0 Å². The van der Waals surface area contributed by atoms with E-state index in [1.807, 2.05) is 26.1 Å². The van der Waals surface area contributed by atoms with Crippen molar-refractivity contribution in [2.75, 3.05) is 20.1 Å². The van der Waals surface area contributed by atoms with Crippen LogP contribution in [0.2, 0.25) is 0 Å². The zero-order valence-electron chi connectivity index (χ0n) is 13.9. The first-order valence-electron chi connectivity index (χ1n) is 8.15. The lowest BCUT2D eigenvalue weighted by Crippen LogP contribution is -2.52. The Balaban J connectivity index is 2.26. The van der Waals surface area contributed by atoms with E-state index in [-0.39, 0.29) is 17.4 Å². The molecule has 0 radical (unpaired) electrons. The average molecular weight is 292 g/mol. The smallest absolute Gasteiger partial charge is 0.126 e. The van der Waals surface area contributed by atoms with Crippen LogP contribution in [0.3, 0.4) is 0 Å². The number of likely N-dealkylation sites (N-methyl/N-ethyl adjacent to an activating group) is 1. The van der Waals surface area contributed by atoms with Crippen molar-refractivity contribution in [3.05, 3.63) is 35.1 Å². The molecule has 0 spiro atoms. The fraction of sp³-hybridized carbons (Fsp3) is 0.667. The van der Waals surface area contributed by atoms with Crippen LogP contribution < -0.4 is 5.32 Å². The van der Waals surface area contributed by atoms with E-state index in [0.717, 1.165) is 18.7 Å². The molecule has 0 bridgehead atoms. The summed E-state index contributed by atoms with van der Waals surface area (Å²) in [6.07, 6.45) is 5.24.